The van der Waals surface area contributed by atoms with E-state index in [2.05, 4.69) is 0 Å². The molecule has 0 saturated heterocycles. The van der Waals surface area contributed by atoms with E-state index in [1.54, 1.807) is 25.3 Å². The lowest BCUT2D eigenvalue weighted by Gasteiger charge is -2.24. The van der Waals surface area contributed by atoms with Crippen molar-refractivity contribution in [3.05, 3.63) is 58.1 Å². The van der Waals surface area contributed by atoms with Crippen molar-refractivity contribution < 1.29 is 14.6 Å². The Morgan fingerprint density at radius 1 is 1.24 bits per heavy atom. The van der Waals surface area contributed by atoms with Crippen molar-refractivity contribution >= 4 is 11.6 Å². The van der Waals surface area contributed by atoms with Crippen LogP contribution in [0.4, 0.5) is 0 Å². The molecule has 110 valence electrons. The maximum atomic E-state index is 10.8. The molecule has 1 aliphatic rings. The molecule has 0 fully saturated rings. The first kappa shape index (κ1) is 14.2. The predicted molar refractivity (Wildman–Crippen MR) is 82.3 cm³/mol. The van der Waals surface area contributed by atoms with Crippen LogP contribution in [0.25, 0.3) is 0 Å². The topological polar surface area (TPSA) is 38.7 Å². The van der Waals surface area contributed by atoms with Crippen LogP contribution in [0, 0.1) is 0 Å². The van der Waals surface area contributed by atoms with Crippen molar-refractivity contribution in [1.29, 1.82) is 0 Å². The molecule has 4 heteroatoms. The fourth-order valence-corrected chi connectivity index (χ4v) is 3.02. The van der Waals surface area contributed by atoms with E-state index in [1.807, 2.05) is 18.2 Å². The van der Waals surface area contributed by atoms with Crippen LogP contribution in [0.2, 0.25) is 5.02 Å². The van der Waals surface area contributed by atoms with Gasteiger partial charge in [-0.05, 0) is 30.5 Å². The van der Waals surface area contributed by atoms with Gasteiger partial charge in [0.1, 0.15) is 17.6 Å². The van der Waals surface area contributed by atoms with Crippen LogP contribution in [0.3, 0.4) is 0 Å². The number of aliphatic hydroxyl groups excluding tert-OH is 1. The van der Waals surface area contributed by atoms with Gasteiger partial charge in [-0.1, -0.05) is 35.9 Å². The number of fused-ring (bicyclic) bond motifs is 1. The van der Waals surface area contributed by atoms with E-state index in [9.17, 15) is 5.11 Å². The van der Waals surface area contributed by atoms with Crippen LogP contribution >= 0.6 is 11.6 Å². The highest BCUT2D eigenvalue weighted by Crippen LogP contribution is 2.41. The Morgan fingerprint density at radius 2 is 2.05 bits per heavy atom. The molecule has 0 radical (unpaired) electrons. The van der Waals surface area contributed by atoms with Crippen LogP contribution < -0.4 is 9.47 Å². The number of hydrogen-bond acceptors (Lipinski definition) is 3. The molecule has 0 spiro atoms. The second kappa shape index (κ2) is 5.96. The summed E-state index contributed by atoms with van der Waals surface area (Å²) in [6.45, 7) is 0.677. The first-order valence-electron chi connectivity index (χ1n) is 6.97. The molecule has 1 aliphatic heterocycles. The molecular weight excluding hydrogens is 288 g/mol. The van der Waals surface area contributed by atoms with E-state index >= 15 is 0 Å². The standard InChI is InChI=1S/C17H17ClO3/c1-20-14-9-3-8-13(18)15(14)16(19)12-7-2-5-11-6-4-10-21-17(11)12/h2-3,5,7-9,16,19H,4,6,10H2,1H3. The number of ether oxygens (including phenoxy) is 2. The predicted octanol–water partition coefficient (Wildman–Crippen LogP) is 3.76. The first-order valence-corrected chi connectivity index (χ1v) is 7.35. The largest absolute Gasteiger partial charge is 0.496 e. The Balaban J connectivity index is 2.09. The van der Waals surface area contributed by atoms with Crippen molar-refractivity contribution in [3.63, 3.8) is 0 Å². The highest BCUT2D eigenvalue weighted by atomic mass is 35.5. The average molecular weight is 305 g/mol. The van der Waals surface area contributed by atoms with Crippen molar-refractivity contribution in [1.82, 2.24) is 0 Å². The van der Waals surface area contributed by atoms with Gasteiger partial charge in [-0.3, -0.25) is 0 Å². The van der Waals surface area contributed by atoms with Gasteiger partial charge >= 0.3 is 0 Å². The monoisotopic (exact) mass is 304 g/mol. The van der Waals surface area contributed by atoms with Crippen LogP contribution in [-0.2, 0) is 6.42 Å². The van der Waals surface area contributed by atoms with E-state index < -0.39 is 6.10 Å². The third-order valence-electron chi connectivity index (χ3n) is 3.76. The van der Waals surface area contributed by atoms with Gasteiger partial charge in [0.25, 0.3) is 0 Å². The summed E-state index contributed by atoms with van der Waals surface area (Å²) in [6.07, 6.45) is 1.10. The Hall–Kier alpha value is -1.71. The van der Waals surface area contributed by atoms with Gasteiger partial charge in [0.15, 0.2) is 0 Å². The number of para-hydroxylation sites is 1. The molecule has 1 unspecified atom stereocenters. The summed E-state index contributed by atoms with van der Waals surface area (Å²) < 4.78 is 11.1. The maximum Gasteiger partial charge on any atom is 0.128 e. The minimum atomic E-state index is -0.873. The number of methoxy groups -OCH3 is 1. The second-order valence-corrected chi connectivity index (χ2v) is 5.45. The van der Waals surface area contributed by atoms with Gasteiger partial charge < -0.3 is 14.6 Å². The quantitative estimate of drug-likeness (QED) is 0.938. The van der Waals surface area contributed by atoms with Crippen LogP contribution in [0.15, 0.2) is 36.4 Å². The molecule has 0 bridgehead atoms. The molecule has 2 aromatic carbocycles. The summed E-state index contributed by atoms with van der Waals surface area (Å²) >= 11 is 6.26. The zero-order chi connectivity index (χ0) is 14.8. The molecule has 0 aromatic heterocycles. The fourth-order valence-electron chi connectivity index (χ4n) is 2.75. The molecule has 1 N–H and O–H groups in total. The fraction of sp³-hybridized carbons (Fsp3) is 0.294. The molecule has 1 heterocycles. The van der Waals surface area contributed by atoms with E-state index in [0.29, 0.717) is 22.9 Å². The third kappa shape index (κ3) is 2.59. The van der Waals surface area contributed by atoms with Crippen LogP contribution in [0.1, 0.15) is 29.2 Å². The van der Waals surface area contributed by atoms with Gasteiger partial charge in [0.05, 0.1) is 18.7 Å². The van der Waals surface area contributed by atoms with Crippen molar-refractivity contribution in [2.75, 3.05) is 13.7 Å². The lowest BCUT2D eigenvalue weighted by molar-refractivity contribution is 0.202. The third-order valence-corrected chi connectivity index (χ3v) is 4.09. The lowest BCUT2D eigenvalue weighted by Crippen LogP contribution is -2.13. The van der Waals surface area contributed by atoms with Crippen molar-refractivity contribution in [2.24, 2.45) is 0 Å². The molecule has 0 amide bonds. The average Bonchev–Trinajstić information content (AvgIpc) is 2.53. The Labute approximate surface area is 129 Å². The van der Waals surface area contributed by atoms with Gasteiger partial charge in [0, 0.05) is 11.1 Å². The molecule has 0 saturated carbocycles. The summed E-state index contributed by atoms with van der Waals surface area (Å²) in [5.41, 5.74) is 2.44. The Bertz CT molecular complexity index is 654. The minimum Gasteiger partial charge on any atom is -0.496 e. The van der Waals surface area contributed by atoms with Gasteiger partial charge in [-0.25, -0.2) is 0 Å². The molecule has 3 rings (SSSR count). The van der Waals surface area contributed by atoms with E-state index in [0.717, 1.165) is 29.7 Å². The number of hydrogen-bond donors (Lipinski definition) is 1. The van der Waals surface area contributed by atoms with Crippen LogP contribution in [-0.4, -0.2) is 18.8 Å². The Kier molecular flexibility index (Phi) is 4.04. The minimum absolute atomic E-state index is 0.482. The molecular formula is C17H17ClO3. The summed E-state index contributed by atoms with van der Waals surface area (Å²) in [6, 6.07) is 11.2. The second-order valence-electron chi connectivity index (χ2n) is 5.05. The van der Waals surface area contributed by atoms with Gasteiger partial charge in [0.2, 0.25) is 0 Å². The molecule has 1 atom stereocenters. The van der Waals surface area contributed by atoms with Crippen LogP contribution in [0.5, 0.6) is 11.5 Å². The highest BCUT2D eigenvalue weighted by molar-refractivity contribution is 6.31. The zero-order valence-corrected chi connectivity index (χ0v) is 12.6. The summed E-state index contributed by atoms with van der Waals surface area (Å²) in [5, 5.41) is 11.3. The number of halogens is 1. The van der Waals surface area contributed by atoms with E-state index in [-0.39, 0.29) is 0 Å². The van der Waals surface area contributed by atoms with E-state index in [1.165, 1.54) is 0 Å². The highest BCUT2D eigenvalue weighted by Gasteiger charge is 2.24. The van der Waals surface area contributed by atoms with Gasteiger partial charge in [-0.2, -0.15) is 0 Å². The van der Waals surface area contributed by atoms with Crippen molar-refractivity contribution in [2.45, 2.75) is 18.9 Å². The number of benzene rings is 2. The number of rotatable bonds is 3. The maximum absolute atomic E-state index is 10.8. The smallest absolute Gasteiger partial charge is 0.128 e. The molecule has 2 aromatic rings. The summed E-state index contributed by atoms with van der Waals surface area (Å²) in [5.74, 6) is 1.35. The molecule has 21 heavy (non-hydrogen) atoms. The zero-order valence-electron chi connectivity index (χ0n) is 11.8. The normalized spacial score (nSPS) is 15.0. The summed E-state index contributed by atoms with van der Waals surface area (Å²) in [7, 11) is 1.57. The molecule has 3 nitrogen and oxygen atoms in total. The SMILES string of the molecule is COc1cccc(Cl)c1C(O)c1cccc2c1OCCC2. The van der Waals surface area contributed by atoms with E-state index in [4.69, 9.17) is 21.1 Å². The lowest BCUT2D eigenvalue weighted by atomic mass is 9.95. The first-order chi connectivity index (χ1) is 10.2. The summed E-state index contributed by atoms with van der Waals surface area (Å²) in [4.78, 5) is 0. The number of aryl methyl sites for hydroxylation is 1. The van der Waals surface area contributed by atoms with Gasteiger partial charge in [-0.15, -0.1) is 0 Å². The van der Waals surface area contributed by atoms with Crippen molar-refractivity contribution in [3.8, 4) is 11.5 Å². The Morgan fingerprint density at radius 3 is 2.86 bits per heavy atom. The number of aliphatic hydroxyl groups is 1. The molecule has 0 aliphatic carbocycles.